The van der Waals surface area contributed by atoms with Crippen LogP contribution in [0.15, 0.2) is 82.2 Å². The van der Waals surface area contributed by atoms with Crippen molar-refractivity contribution in [1.29, 1.82) is 0 Å². The van der Waals surface area contributed by atoms with E-state index >= 15 is 0 Å². The summed E-state index contributed by atoms with van der Waals surface area (Å²) in [5.74, 6) is -0.918. The number of benzene rings is 3. The van der Waals surface area contributed by atoms with E-state index < -0.39 is 16.1 Å². The molecule has 4 N–H and O–H groups in total. The Labute approximate surface area is 225 Å². The van der Waals surface area contributed by atoms with Gasteiger partial charge >= 0.3 is 0 Å². The predicted octanol–water partition coefficient (Wildman–Crippen LogP) is 4.44. The zero-order valence-electron chi connectivity index (χ0n) is 20.4. The highest BCUT2D eigenvalue weighted by Crippen LogP contribution is 2.33. The summed E-state index contributed by atoms with van der Waals surface area (Å²) in [6, 6.07) is 20.6. The van der Waals surface area contributed by atoms with Crippen molar-refractivity contribution < 1.29 is 18.0 Å². The van der Waals surface area contributed by atoms with E-state index in [0.29, 0.717) is 42.9 Å². The number of nitrogens with zero attached hydrogens (tertiary/aromatic N) is 1. The zero-order chi connectivity index (χ0) is 26.6. The topological polar surface area (TPSA) is 122 Å². The lowest BCUT2D eigenvalue weighted by atomic mass is 9.96. The number of nitrogens with two attached hydrogens (primary N) is 1. The highest BCUT2D eigenvalue weighted by molar-refractivity contribution is 9.10. The summed E-state index contributed by atoms with van der Waals surface area (Å²) in [7, 11) is -3.99. The second kappa shape index (κ2) is 11.5. The van der Waals surface area contributed by atoms with Gasteiger partial charge in [0.25, 0.3) is 5.91 Å². The van der Waals surface area contributed by atoms with Crippen molar-refractivity contribution in [2.45, 2.75) is 30.7 Å². The van der Waals surface area contributed by atoms with Crippen molar-refractivity contribution >= 4 is 49.1 Å². The van der Waals surface area contributed by atoms with Crippen LogP contribution in [0.3, 0.4) is 0 Å². The molecule has 8 nitrogen and oxygen atoms in total. The Bertz CT molecular complexity index is 1390. The summed E-state index contributed by atoms with van der Waals surface area (Å²) in [6.45, 7) is 2.77. The molecular weight excluding hydrogens is 556 g/mol. The van der Waals surface area contributed by atoms with Crippen LogP contribution in [-0.4, -0.2) is 33.3 Å². The van der Waals surface area contributed by atoms with Crippen LogP contribution >= 0.6 is 15.9 Å². The first-order valence-electron chi connectivity index (χ1n) is 12.0. The maximum atomic E-state index is 13.7. The molecule has 0 bridgehead atoms. The Hall–Kier alpha value is -3.21. The van der Waals surface area contributed by atoms with Crippen molar-refractivity contribution in [2.24, 2.45) is 11.7 Å². The number of amides is 2. The summed E-state index contributed by atoms with van der Waals surface area (Å²) in [5, 5.41) is 2.80. The molecule has 1 fully saturated rings. The molecule has 0 radical (unpaired) electrons. The van der Waals surface area contributed by atoms with E-state index in [0.717, 1.165) is 10.0 Å². The van der Waals surface area contributed by atoms with Gasteiger partial charge in [0.2, 0.25) is 15.9 Å². The normalized spacial score (nSPS) is 15.2. The van der Waals surface area contributed by atoms with Gasteiger partial charge < -0.3 is 16.0 Å². The fourth-order valence-corrected chi connectivity index (χ4v) is 6.29. The van der Waals surface area contributed by atoms with Gasteiger partial charge in [-0.3, -0.25) is 9.59 Å². The molecule has 37 heavy (non-hydrogen) atoms. The minimum Gasteiger partial charge on any atom is -0.370 e. The number of nitrogens with one attached hydrogen (secondary N) is 2. The van der Waals surface area contributed by atoms with Crippen molar-refractivity contribution in [1.82, 2.24) is 4.72 Å². The molecule has 194 valence electrons. The monoisotopic (exact) mass is 584 g/mol. The van der Waals surface area contributed by atoms with Gasteiger partial charge in [-0.2, -0.15) is 0 Å². The van der Waals surface area contributed by atoms with E-state index in [4.69, 9.17) is 5.73 Å². The van der Waals surface area contributed by atoms with Crippen LogP contribution < -0.4 is 20.7 Å². The molecule has 1 aliphatic heterocycles. The molecule has 3 aromatic rings. The standard InChI is InChI=1S/C27H29BrN4O4S/c1-18(19-6-3-2-4-7-19)31-37(35,36)25-17-23(30-27(34)21-8-5-9-22(28)16-21)10-11-24(25)32-14-12-20(13-15-32)26(29)33/h2-11,16-18,20,31H,12-15H2,1H3,(H2,29,33)(H,30,34)/t18-/m0/s1. The van der Waals surface area contributed by atoms with Gasteiger partial charge in [0.1, 0.15) is 4.90 Å². The highest BCUT2D eigenvalue weighted by atomic mass is 79.9. The van der Waals surface area contributed by atoms with Crippen LogP contribution in [0.4, 0.5) is 11.4 Å². The number of primary amides is 1. The first-order chi connectivity index (χ1) is 17.6. The lowest BCUT2D eigenvalue weighted by Gasteiger charge is -2.33. The number of piperidine rings is 1. The van der Waals surface area contributed by atoms with E-state index in [1.54, 1.807) is 37.3 Å². The minimum atomic E-state index is -3.99. The summed E-state index contributed by atoms with van der Waals surface area (Å²) >= 11 is 3.36. The van der Waals surface area contributed by atoms with Crippen molar-refractivity contribution in [2.75, 3.05) is 23.3 Å². The van der Waals surface area contributed by atoms with Gasteiger partial charge in [-0.15, -0.1) is 0 Å². The SMILES string of the molecule is C[C@H](NS(=O)(=O)c1cc(NC(=O)c2cccc(Br)c2)ccc1N1CCC(C(N)=O)CC1)c1ccccc1. The van der Waals surface area contributed by atoms with Gasteiger partial charge in [0, 0.05) is 40.8 Å². The van der Waals surface area contributed by atoms with E-state index in [-0.39, 0.29) is 22.6 Å². The lowest BCUT2D eigenvalue weighted by Crippen LogP contribution is -2.39. The molecular formula is C27H29BrN4O4S. The number of anilines is 2. The van der Waals surface area contributed by atoms with Gasteiger partial charge in [-0.05, 0) is 61.7 Å². The fourth-order valence-electron chi connectivity index (χ4n) is 4.41. The maximum absolute atomic E-state index is 13.7. The predicted molar refractivity (Wildman–Crippen MR) is 148 cm³/mol. The van der Waals surface area contributed by atoms with Crippen molar-refractivity contribution in [3.63, 3.8) is 0 Å². The summed E-state index contributed by atoms with van der Waals surface area (Å²) in [5.41, 5.74) is 7.61. The molecule has 1 saturated heterocycles. The van der Waals surface area contributed by atoms with Crippen LogP contribution in [0, 0.1) is 5.92 Å². The number of sulfonamides is 1. The molecule has 10 heteroatoms. The zero-order valence-corrected chi connectivity index (χ0v) is 22.8. The first kappa shape index (κ1) is 26.8. The van der Waals surface area contributed by atoms with Gasteiger partial charge in [0.15, 0.2) is 0 Å². The average Bonchev–Trinajstić information content (AvgIpc) is 2.89. The number of rotatable bonds is 8. The van der Waals surface area contributed by atoms with Gasteiger partial charge in [-0.25, -0.2) is 13.1 Å². The second-order valence-corrected chi connectivity index (χ2v) is 11.7. The van der Waals surface area contributed by atoms with Crippen LogP contribution in [0.2, 0.25) is 0 Å². The van der Waals surface area contributed by atoms with Crippen LogP contribution in [0.5, 0.6) is 0 Å². The minimum absolute atomic E-state index is 0.0554. The number of halogens is 1. The summed E-state index contributed by atoms with van der Waals surface area (Å²) < 4.78 is 30.9. The quantitative estimate of drug-likeness (QED) is 0.361. The largest absolute Gasteiger partial charge is 0.370 e. The summed E-state index contributed by atoms with van der Waals surface area (Å²) in [6.07, 6.45) is 1.09. The van der Waals surface area contributed by atoms with E-state index in [2.05, 4.69) is 26.0 Å². The first-order valence-corrected chi connectivity index (χ1v) is 14.2. The molecule has 1 aliphatic rings. The fraction of sp³-hybridized carbons (Fsp3) is 0.259. The molecule has 0 unspecified atom stereocenters. The van der Waals surface area contributed by atoms with Crippen LogP contribution in [0.1, 0.15) is 41.7 Å². The third-order valence-electron chi connectivity index (χ3n) is 6.46. The summed E-state index contributed by atoms with van der Waals surface area (Å²) in [4.78, 5) is 26.4. The third-order valence-corrected chi connectivity index (χ3v) is 8.53. The molecule has 0 aliphatic carbocycles. The molecule has 0 saturated carbocycles. The molecule has 0 aromatic heterocycles. The second-order valence-electron chi connectivity index (χ2n) is 9.06. The van der Waals surface area contributed by atoms with Crippen molar-refractivity contribution in [3.8, 4) is 0 Å². The number of hydrogen-bond acceptors (Lipinski definition) is 5. The van der Waals surface area contributed by atoms with Crippen molar-refractivity contribution in [3.05, 3.63) is 88.4 Å². The molecule has 1 atom stereocenters. The Morgan fingerprint density at radius 3 is 2.35 bits per heavy atom. The average molecular weight is 586 g/mol. The Kier molecular flexibility index (Phi) is 8.31. The highest BCUT2D eigenvalue weighted by Gasteiger charge is 2.29. The molecule has 0 spiro atoms. The number of carbonyl (C=O) groups is 2. The van der Waals surface area contributed by atoms with E-state index in [1.165, 1.54) is 6.07 Å². The van der Waals surface area contributed by atoms with Gasteiger partial charge in [0.05, 0.1) is 5.69 Å². The Balaban J connectivity index is 1.66. The van der Waals surface area contributed by atoms with E-state index in [1.807, 2.05) is 41.3 Å². The van der Waals surface area contributed by atoms with Gasteiger partial charge in [-0.1, -0.05) is 52.3 Å². The number of carbonyl (C=O) groups excluding carboxylic acids is 2. The molecule has 2 amide bonds. The maximum Gasteiger partial charge on any atom is 0.255 e. The van der Waals surface area contributed by atoms with E-state index in [9.17, 15) is 18.0 Å². The number of hydrogen-bond donors (Lipinski definition) is 3. The van der Waals surface area contributed by atoms with Crippen LogP contribution in [0.25, 0.3) is 0 Å². The van der Waals surface area contributed by atoms with Crippen LogP contribution in [-0.2, 0) is 14.8 Å². The Morgan fingerprint density at radius 1 is 1.00 bits per heavy atom. The third kappa shape index (κ3) is 6.57. The Morgan fingerprint density at radius 2 is 1.70 bits per heavy atom. The lowest BCUT2D eigenvalue weighted by molar-refractivity contribution is -0.122. The smallest absolute Gasteiger partial charge is 0.255 e. The molecule has 3 aromatic carbocycles. The molecule has 1 heterocycles. The molecule has 4 rings (SSSR count).